The molecule has 2 rings (SSSR count). The number of carbonyl (C=O) groups is 1. The molecule has 0 aromatic rings. The van der Waals surface area contributed by atoms with Crippen LogP contribution < -0.4 is 16.0 Å². The van der Waals surface area contributed by atoms with E-state index in [2.05, 4.69) is 20.9 Å². The van der Waals surface area contributed by atoms with E-state index in [1.165, 1.54) is 38.5 Å². The van der Waals surface area contributed by atoms with Crippen LogP contribution in [0.1, 0.15) is 44.9 Å². The Kier molecular flexibility index (Phi) is 6.15. The zero-order valence-electron chi connectivity index (χ0n) is 12.6. The summed E-state index contributed by atoms with van der Waals surface area (Å²) in [5.74, 6) is 2.48. The lowest BCUT2D eigenvalue weighted by Gasteiger charge is -2.13. The highest BCUT2D eigenvalue weighted by Crippen LogP contribution is 2.27. The van der Waals surface area contributed by atoms with Crippen molar-refractivity contribution >= 4 is 11.9 Å². The zero-order chi connectivity index (χ0) is 14.2. The molecule has 5 nitrogen and oxygen atoms in total. The van der Waals surface area contributed by atoms with Gasteiger partial charge in [0, 0.05) is 33.1 Å². The van der Waals surface area contributed by atoms with Crippen molar-refractivity contribution in [1.82, 2.24) is 16.0 Å². The summed E-state index contributed by atoms with van der Waals surface area (Å²) in [5, 5.41) is 9.51. The van der Waals surface area contributed by atoms with Crippen molar-refractivity contribution in [3.05, 3.63) is 0 Å². The van der Waals surface area contributed by atoms with E-state index in [0.717, 1.165) is 25.0 Å². The summed E-state index contributed by atoms with van der Waals surface area (Å²) in [7, 11) is 1.78. The number of hydrogen-bond acceptors (Lipinski definition) is 2. The van der Waals surface area contributed by atoms with Crippen molar-refractivity contribution in [3.8, 4) is 0 Å². The number of guanidine groups is 1. The van der Waals surface area contributed by atoms with E-state index in [-0.39, 0.29) is 5.91 Å². The molecule has 0 spiro atoms. The SMILES string of the molecule is CN=C(NCCNC(=O)CC1CCCC1)NCC1CC1. The van der Waals surface area contributed by atoms with E-state index in [1.54, 1.807) is 7.05 Å². The predicted molar refractivity (Wildman–Crippen MR) is 81.7 cm³/mol. The van der Waals surface area contributed by atoms with Crippen LogP contribution >= 0.6 is 0 Å². The fourth-order valence-corrected chi connectivity index (χ4v) is 2.72. The van der Waals surface area contributed by atoms with Gasteiger partial charge in [0.2, 0.25) is 5.91 Å². The van der Waals surface area contributed by atoms with E-state index < -0.39 is 0 Å². The van der Waals surface area contributed by atoms with Crippen LogP contribution in [0.5, 0.6) is 0 Å². The molecule has 1 amide bonds. The Morgan fingerprint density at radius 3 is 2.35 bits per heavy atom. The molecule has 0 bridgehead atoms. The first-order valence-corrected chi connectivity index (χ1v) is 7.99. The molecule has 20 heavy (non-hydrogen) atoms. The molecule has 0 atom stereocenters. The second kappa shape index (κ2) is 8.12. The number of carbonyl (C=O) groups excluding carboxylic acids is 1. The molecular weight excluding hydrogens is 252 g/mol. The topological polar surface area (TPSA) is 65.5 Å². The molecule has 0 heterocycles. The van der Waals surface area contributed by atoms with Gasteiger partial charge >= 0.3 is 0 Å². The van der Waals surface area contributed by atoms with Gasteiger partial charge in [0.15, 0.2) is 5.96 Å². The molecule has 2 fully saturated rings. The van der Waals surface area contributed by atoms with Crippen LogP contribution in [-0.4, -0.2) is 38.5 Å². The minimum Gasteiger partial charge on any atom is -0.356 e. The second-order valence-electron chi connectivity index (χ2n) is 6.03. The first-order chi connectivity index (χ1) is 9.78. The summed E-state index contributed by atoms with van der Waals surface area (Å²) in [6.45, 7) is 2.39. The van der Waals surface area contributed by atoms with E-state index in [0.29, 0.717) is 18.9 Å². The highest BCUT2D eigenvalue weighted by Gasteiger charge is 2.21. The van der Waals surface area contributed by atoms with Gasteiger partial charge in [-0.05, 0) is 37.5 Å². The van der Waals surface area contributed by atoms with Gasteiger partial charge in [-0.3, -0.25) is 9.79 Å². The van der Waals surface area contributed by atoms with Gasteiger partial charge in [-0.1, -0.05) is 12.8 Å². The Hall–Kier alpha value is -1.26. The molecule has 114 valence electrons. The predicted octanol–water partition coefficient (Wildman–Crippen LogP) is 1.26. The minimum absolute atomic E-state index is 0.194. The Balaban J connectivity index is 1.49. The van der Waals surface area contributed by atoms with Crippen molar-refractivity contribution in [2.75, 3.05) is 26.7 Å². The number of nitrogens with zero attached hydrogens (tertiary/aromatic N) is 1. The van der Waals surface area contributed by atoms with Gasteiger partial charge in [-0.15, -0.1) is 0 Å². The zero-order valence-corrected chi connectivity index (χ0v) is 12.6. The third-order valence-electron chi connectivity index (χ3n) is 4.17. The Labute approximate surface area is 122 Å². The summed E-state index contributed by atoms with van der Waals surface area (Å²) in [5.41, 5.74) is 0. The normalized spacial score (nSPS) is 19.9. The lowest BCUT2D eigenvalue weighted by Crippen LogP contribution is -2.42. The van der Waals surface area contributed by atoms with Crippen LogP contribution in [0.25, 0.3) is 0 Å². The summed E-state index contributed by atoms with van der Waals surface area (Å²) in [6.07, 6.45) is 8.41. The van der Waals surface area contributed by atoms with Crippen LogP contribution in [0.2, 0.25) is 0 Å². The van der Waals surface area contributed by atoms with Crippen molar-refractivity contribution in [1.29, 1.82) is 0 Å². The Bertz CT molecular complexity index is 333. The first kappa shape index (κ1) is 15.1. The smallest absolute Gasteiger partial charge is 0.220 e. The van der Waals surface area contributed by atoms with Crippen molar-refractivity contribution in [2.24, 2.45) is 16.8 Å². The summed E-state index contributed by atoms with van der Waals surface area (Å²) in [4.78, 5) is 15.9. The first-order valence-electron chi connectivity index (χ1n) is 7.99. The van der Waals surface area contributed by atoms with E-state index in [4.69, 9.17) is 0 Å². The summed E-state index contributed by atoms with van der Waals surface area (Å²) in [6, 6.07) is 0. The van der Waals surface area contributed by atoms with Gasteiger partial charge in [0.05, 0.1) is 0 Å². The fourth-order valence-electron chi connectivity index (χ4n) is 2.72. The molecule has 0 unspecified atom stereocenters. The number of rotatable bonds is 7. The second-order valence-corrected chi connectivity index (χ2v) is 6.03. The number of nitrogens with one attached hydrogen (secondary N) is 3. The highest BCUT2D eigenvalue weighted by molar-refractivity contribution is 5.80. The number of amides is 1. The minimum atomic E-state index is 0.194. The third kappa shape index (κ3) is 5.80. The Morgan fingerprint density at radius 1 is 1.00 bits per heavy atom. The fraction of sp³-hybridized carbons (Fsp3) is 0.867. The summed E-state index contributed by atoms with van der Waals surface area (Å²) < 4.78 is 0. The maximum absolute atomic E-state index is 11.8. The van der Waals surface area contributed by atoms with Gasteiger partial charge in [-0.2, -0.15) is 0 Å². The van der Waals surface area contributed by atoms with Gasteiger partial charge < -0.3 is 16.0 Å². The molecule has 2 saturated carbocycles. The quantitative estimate of drug-likeness (QED) is 0.374. The molecule has 0 aromatic heterocycles. The lowest BCUT2D eigenvalue weighted by atomic mass is 10.0. The standard InChI is InChI=1S/C15H28N4O/c1-16-15(19-11-13-6-7-13)18-9-8-17-14(20)10-12-4-2-3-5-12/h12-13H,2-11H2,1H3,(H,17,20)(H2,16,18,19). The largest absolute Gasteiger partial charge is 0.356 e. The van der Waals surface area contributed by atoms with Crippen molar-refractivity contribution in [3.63, 3.8) is 0 Å². The molecule has 0 radical (unpaired) electrons. The average molecular weight is 280 g/mol. The van der Waals surface area contributed by atoms with Crippen LogP contribution in [0.3, 0.4) is 0 Å². The molecule has 3 N–H and O–H groups in total. The lowest BCUT2D eigenvalue weighted by molar-refractivity contribution is -0.121. The third-order valence-corrected chi connectivity index (χ3v) is 4.17. The maximum Gasteiger partial charge on any atom is 0.220 e. The molecular formula is C15H28N4O. The van der Waals surface area contributed by atoms with Crippen LogP contribution in [0.4, 0.5) is 0 Å². The van der Waals surface area contributed by atoms with Crippen LogP contribution in [-0.2, 0) is 4.79 Å². The van der Waals surface area contributed by atoms with Crippen LogP contribution in [0.15, 0.2) is 4.99 Å². The van der Waals surface area contributed by atoms with E-state index in [1.807, 2.05) is 0 Å². The van der Waals surface area contributed by atoms with Crippen molar-refractivity contribution in [2.45, 2.75) is 44.9 Å². The highest BCUT2D eigenvalue weighted by atomic mass is 16.1. The Morgan fingerprint density at radius 2 is 1.70 bits per heavy atom. The molecule has 0 aromatic carbocycles. The number of aliphatic imine (C=N–C) groups is 1. The van der Waals surface area contributed by atoms with E-state index in [9.17, 15) is 4.79 Å². The average Bonchev–Trinajstić information content (AvgIpc) is 3.14. The van der Waals surface area contributed by atoms with Gasteiger partial charge in [0.1, 0.15) is 0 Å². The molecule has 2 aliphatic rings. The van der Waals surface area contributed by atoms with Crippen LogP contribution in [0, 0.1) is 11.8 Å². The van der Waals surface area contributed by atoms with E-state index >= 15 is 0 Å². The maximum atomic E-state index is 11.8. The van der Waals surface area contributed by atoms with Crippen molar-refractivity contribution < 1.29 is 4.79 Å². The molecule has 2 aliphatic carbocycles. The number of hydrogen-bond donors (Lipinski definition) is 3. The molecule has 0 aliphatic heterocycles. The summed E-state index contributed by atoms with van der Waals surface area (Å²) >= 11 is 0. The monoisotopic (exact) mass is 280 g/mol. The molecule has 5 heteroatoms. The van der Waals surface area contributed by atoms with Gasteiger partial charge in [-0.25, -0.2) is 0 Å². The van der Waals surface area contributed by atoms with Gasteiger partial charge in [0.25, 0.3) is 0 Å². The molecule has 0 saturated heterocycles.